The van der Waals surface area contributed by atoms with E-state index in [1.54, 1.807) is 24.3 Å². The second kappa shape index (κ2) is 9.05. The average Bonchev–Trinajstić information content (AvgIpc) is 3.15. The number of nitrogens with one attached hydrogen (secondary N) is 2. The van der Waals surface area contributed by atoms with Crippen LogP contribution in [-0.2, 0) is 6.42 Å². The van der Waals surface area contributed by atoms with Crippen molar-refractivity contribution >= 4 is 28.3 Å². The van der Waals surface area contributed by atoms with Crippen LogP contribution in [0.3, 0.4) is 0 Å². The SMILES string of the molecule is COc1cccc(C(=O)NCCc2nnc(NC(=O)c3cccc(F)c3)s2)c1. The lowest BCUT2D eigenvalue weighted by Gasteiger charge is -2.05. The summed E-state index contributed by atoms with van der Waals surface area (Å²) in [6.45, 7) is 0.364. The summed E-state index contributed by atoms with van der Waals surface area (Å²) in [6.07, 6.45) is 0.462. The van der Waals surface area contributed by atoms with Gasteiger partial charge in [-0.3, -0.25) is 14.9 Å². The number of carbonyl (C=O) groups excluding carboxylic acids is 2. The summed E-state index contributed by atoms with van der Waals surface area (Å²) in [5.74, 6) is -0.565. The maximum Gasteiger partial charge on any atom is 0.257 e. The summed E-state index contributed by atoms with van der Waals surface area (Å²) in [6, 6.07) is 12.2. The Balaban J connectivity index is 1.50. The highest BCUT2D eigenvalue weighted by Crippen LogP contribution is 2.17. The Hall–Kier alpha value is -3.33. The van der Waals surface area contributed by atoms with E-state index in [0.717, 1.165) is 6.07 Å². The maximum atomic E-state index is 13.2. The largest absolute Gasteiger partial charge is 0.497 e. The summed E-state index contributed by atoms with van der Waals surface area (Å²) < 4.78 is 18.3. The number of aromatic nitrogens is 2. The van der Waals surface area contributed by atoms with E-state index in [1.165, 1.54) is 36.6 Å². The molecule has 0 aliphatic heterocycles. The Morgan fingerprint density at radius 1 is 1.07 bits per heavy atom. The smallest absolute Gasteiger partial charge is 0.257 e. The van der Waals surface area contributed by atoms with E-state index in [-0.39, 0.29) is 11.5 Å². The van der Waals surface area contributed by atoms with Crippen LogP contribution < -0.4 is 15.4 Å². The fourth-order valence-electron chi connectivity index (χ4n) is 2.35. The summed E-state index contributed by atoms with van der Waals surface area (Å²) in [5, 5.41) is 14.2. The topological polar surface area (TPSA) is 93.2 Å². The molecule has 0 atom stereocenters. The lowest BCUT2D eigenvalue weighted by molar-refractivity contribution is 0.0953. The fraction of sp³-hybridized carbons (Fsp3) is 0.158. The van der Waals surface area contributed by atoms with Gasteiger partial charge in [0.25, 0.3) is 11.8 Å². The van der Waals surface area contributed by atoms with Crippen LogP contribution in [0.25, 0.3) is 0 Å². The number of benzene rings is 2. The molecule has 2 amide bonds. The first kappa shape index (κ1) is 19.4. The highest BCUT2D eigenvalue weighted by molar-refractivity contribution is 7.15. The maximum absolute atomic E-state index is 13.2. The summed E-state index contributed by atoms with van der Waals surface area (Å²) >= 11 is 1.19. The van der Waals surface area contributed by atoms with Crippen molar-refractivity contribution in [1.29, 1.82) is 0 Å². The van der Waals surface area contributed by atoms with Gasteiger partial charge >= 0.3 is 0 Å². The molecule has 2 aromatic carbocycles. The van der Waals surface area contributed by atoms with Gasteiger partial charge in [-0.15, -0.1) is 10.2 Å². The molecule has 0 aliphatic carbocycles. The van der Waals surface area contributed by atoms with Crippen molar-refractivity contribution in [3.05, 3.63) is 70.5 Å². The molecule has 0 unspecified atom stereocenters. The van der Waals surface area contributed by atoms with Gasteiger partial charge in [-0.05, 0) is 36.4 Å². The molecule has 9 heteroatoms. The minimum absolute atomic E-state index is 0.197. The van der Waals surface area contributed by atoms with Gasteiger partial charge in [0.15, 0.2) is 0 Å². The molecule has 0 aliphatic rings. The van der Waals surface area contributed by atoms with Crippen molar-refractivity contribution < 1.29 is 18.7 Å². The van der Waals surface area contributed by atoms with Gasteiger partial charge in [0.1, 0.15) is 16.6 Å². The van der Waals surface area contributed by atoms with Gasteiger partial charge in [-0.25, -0.2) is 4.39 Å². The lowest BCUT2D eigenvalue weighted by Crippen LogP contribution is -2.25. The van der Waals surface area contributed by atoms with E-state index in [1.807, 2.05) is 0 Å². The third-order valence-corrected chi connectivity index (χ3v) is 4.63. The Bertz CT molecular complexity index is 993. The summed E-state index contributed by atoms with van der Waals surface area (Å²) in [5.41, 5.74) is 0.696. The molecule has 1 heterocycles. The van der Waals surface area contributed by atoms with Crippen molar-refractivity contribution in [2.45, 2.75) is 6.42 Å². The van der Waals surface area contributed by atoms with Crippen LogP contribution in [0.1, 0.15) is 25.7 Å². The second-order valence-electron chi connectivity index (χ2n) is 5.70. The Labute approximate surface area is 164 Å². The number of anilines is 1. The first-order valence-electron chi connectivity index (χ1n) is 8.36. The number of halogens is 1. The predicted molar refractivity (Wildman–Crippen MR) is 103 cm³/mol. The molecule has 144 valence electrons. The van der Waals surface area contributed by atoms with E-state index >= 15 is 0 Å². The molecule has 7 nitrogen and oxygen atoms in total. The van der Waals surface area contributed by atoms with E-state index in [0.29, 0.717) is 34.4 Å². The zero-order valence-corrected chi connectivity index (χ0v) is 15.8. The highest BCUT2D eigenvalue weighted by Gasteiger charge is 2.12. The number of ether oxygens (including phenoxy) is 1. The fourth-order valence-corrected chi connectivity index (χ4v) is 3.09. The summed E-state index contributed by atoms with van der Waals surface area (Å²) in [7, 11) is 1.54. The van der Waals surface area contributed by atoms with Crippen LogP contribution in [-0.4, -0.2) is 35.7 Å². The van der Waals surface area contributed by atoms with Gasteiger partial charge in [0.05, 0.1) is 7.11 Å². The van der Waals surface area contributed by atoms with Crippen LogP contribution in [0, 0.1) is 5.82 Å². The Morgan fingerprint density at radius 2 is 1.82 bits per heavy atom. The molecule has 1 aromatic heterocycles. The first-order valence-corrected chi connectivity index (χ1v) is 9.18. The van der Waals surface area contributed by atoms with Crippen LogP contribution in [0.4, 0.5) is 9.52 Å². The van der Waals surface area contributed by atoms with Crippen molar-refractivity contribution in [2.75, 3.05) is 19.0 Å². The number of hydrogen-bond donors (Lipinski definition) is 2. The number of amides is 2. The third kappa shape index (κ3) is 5.10. The Morgan fingerprint density at radius 3 is 2.57 bits per heavy atom. The van der Waals surface area contributed by atoms with Gasteiger partial charge in [0, 0.05) is 24.1 Å². The summed E-state index contributed by atoms with van der Waals surface area (Å²) in [4.78, 5) is 24.2. The van der Waals surface area contributed by atoms with Gasteiger partial charge < -0.3 is 10.1 Å². The molecule has 0 bridgehead atoms. The molecule has 0 radical (unpaired) electrons. The quantitative estimate of drug-likeness (QED) is 0.636. The van der Waals surface area contributed by atoms with Crippen molar-refractivity contribution in [3.63, 3.8) is 0 Å². The molecule has 3 rings (SSSR count). The molecule has 2 N–H and O–H groups in total. The van der Waals surface area contributed by atoms with Crippen molar-refractivity contribution in [2.24, 2.45) is 0 Å². The second-order valence-corrected chi connectivity index (χ2v) is 6.77. The van der Waals surface area contributed by atoms with Crippen LogP contribution in [0.15, 0.2) is 48.5 Å². The van der Waals surface area contributed by atoms with Gasteiger partial charge in [-0.2, -0.15) is 0 Å². The number of carbonyl (C=O) groups is 2. The Kier molecular flexibility index (Phi) is 6.28. The van der Waals surface area contributed by atoms with E-state index < -0.39 is 11.7 Å². The first-order chi connectivity index (χ1) is 13.5. The molecule has 0 saturated carbocycles. The highest BCUT2D eigenvalue weighted by atomic mass is 32.1. The molecule has 28 heavy (non-hydrogen) atoms. The van der Waals surface area contributed by atoms with E-state index in [4.69, 9.17) is 4.74 Å². The lowest BCUT2D eigenvalue weighted by atomic mass is 10.2. The van der Waals surface area contributed by atoms with Crippen LogP contribution in [0.5, 0.6) is 5.75 Å². The zero-order valence-electron chi connectivity index (χ0n) is 14.9. The normalized spacial score (nSPS) is 10.4. The van der Waals surface area contributed by atoms with E-state index in [9.17, 15) is 14.0 Å². The monoisotopic (exact) mass is 400 g/mol. The molecular weight excluding hydrogens is 383 g/mol. The third-order valence-electron chi connectivity index (χ3n) is 3.73. The standard InChI is InChI=1S/C19H17FN4O3S/c1-27-15-7-3-5-13(11-15)17(25)21-9-8-16-23-24-19(28-16)22-18(26)12-4-2-6-14(20)10-12/h2-7,10-11H,8-9H2,1H3,(H,21,25)(H,22,24,26). The molecule has 3 aromatic rings. The number of nitrogens with zero attached hydrogens (tertiary/aromatic N) is 2. The number of methoxy groups -OCH3 is 1. The molecule has 0 saturated heterocycles. The van der Waals surface area contributed by atoms with Crippen LogP contribution in [0.2, 0.25) is 0 Å². The van der Waals surface area contributed by atoms with Crippen LogP contribution >= 0.6 is 11.3 Å². The minimum atomic E-state index is -0.489. The number of hydrogen-bond acceptors (Lipinski definition) is 6. The minimum Gasteiger partial charge on any atom is -0.497 e. The number of rotatable bonds is 7. The predicted octanol–water partition coefficient (Wildman–Crippen LogP) is 2.91. The molecule has 0 spiro atoms. The molecular formula is C19H17FN4O3S. The zero-order chi connectivity index (χ0) is 19.9. The van der Waals surface area contributed by atoms with Crippen molar-refractivity contribution in [3.8, 4) is 5.75 Å². The van der Waals surface area contributed by atoms with Gasteiger partial charge in [-0.1, -0.05) is 23.5 Å². The van der Waals surface area contributed by atoms with Crippen molar-refractivity contribution in [1.82, 2.24) is 15.5 Å². The van der Waals surface area contributed by atoms with Gasteiger partial charge in [0.2, 0.25) is 5.13 Å². The average molecular weight is 400 g/mol. The molecule has 0 fully saturated rings. The van der Waals surface area contributed by atoms with E-state index in [2.05, 4.69) is 20.8 Å².